The first-order valence-corrected chi connectivity index (χ1v) is 12.3. The molecule has 6 atom stereocenters. The summed E-state index contributed by atoms with van der Waals surface area (Å²) in [7, 11) is 0. The summed E-state index contributed by atoms with van der Waals surface area (Å²) < 4.78 is 18.2. The van der Waals surface area contributed by atoms with Gasteiger partial charge >= 0.3 is 5.97 Å². The van der Waals surface area contributed by atoms with Gasteiger partial charge in [-0.15, -0.1) is 0 Å². The second kappa shape index (κ2) is 17.3. The Hall–Kier alpha value is -1.22. The van der Waals surface area contributed by atoms with Crippen LogP contribution in [-0.4, -0.2) is 64.4 Å². The van der Waals surface area contributed by atoms with Gasteiger partial charge < -0.3 is 30.1 Å². The molecule has 1 heterocycles. The Kier molecular flexibility index (Phi) is 14.6. The van der Waals surface area contributed by atoms with E-state index in [1.165, 1.54) is 64.7 Å². The van der Waals surface area contributed by atoms with Gasteiger partial charge in [-0.1, -0.05) is 84.0 Å². The number of hydrogen-bond acceptors (Lipinski definition) is 7. The van der Waals surface area contributed by atoms with E-state index in [9.17, 15) is 24.9 Å². The van der Waals surface area contributed by atoms with E-state index in [4.69, 9.17) is 10.8 Å². The van der Waals surface area contributed by atoms with Crippen LogP contribution >= 0.6 is 0 Å². The number of carbonyl (C=O) groups is 2. The maximum Gasteiger partial charge on any atom is 0.305 e. The predicted octanol–water partition coefficient (Wildman–Crippen LogP) is 2.95. The van der Waals surface area contributed by atoms with Crippen LogP contribution in [0.3, 0.4) is 0 Å². The SMILES string of the molecule is [2H]C(CCCCCCCCCCCCCC)C(=O)OC[C@H]1OC(O)[C@H](NC(C)=O)[C@@H](O)[C@@H]1O. The monoisotopic (exact) mass is 460 g/mol. The van der Waals surface area contributed by atoms with Crippen LogP contribution in [0.5, 0.6) is 0 Å². The number of ether oxygens (including phenoxy) is 2. The molecule has 0 aromatic heterocycles. The second-order valence-corrected chi connectivity index (χ2v) is 8.78. The lowest BCUT2D eigenvalue weighted by molar-refractivity contribution is -0.255. The van der Waals surface area contributed by atoms with Crippen LogP contribution in [0, 0.1) is 0 Å². The minimum atomic E-state index is -1.55. The zero-order valence-corrected chi connectivity index (χ0v) is 19.8. The van der Waals surface area contributed by atoms with Crippen molar-refractivity contribution in [2.75, 3.05) is 6.61 Å². The van der Waals surface area contributed by atoms with Gasteiger partial charge in [-0.2, -0.15) is 0 Å². The molecule has 1 aliphatic rings. The van der Waals surface area contributed by atoms with Gasteiger partial charge in [0.15, 0.2) is 6.29 Å². The van der Waals surface area contributed by atoms with Gasteiger partial charge in [0.2, 0.25) is 5.91 Å². The lowest BCUT2D eigenvalue weighted by Crippen LogP contribution is -2.64. The molecule has 1 saturated heterocycles. The minimum absolute atomic E-state index is 0.394. The van der Waals surface area contributed by atoms with E-state index in [-0.39, 0.29) is 0 Å². The molecular weight excluding hydrogens is 414 g/mol. The first-order chi connectivity index (χ1) is 15.8. The number of aliphatic hydroxyl groups excluding tert-OH is 3. The molecule has 0 aliphatic carbocycles. The molecule has 1 fully saturated rings. The van der Waals surface area contributed by atoms with Gasteiger partial charge in [-0.3, -0.25) is 9.59 Å². The van der Waals surface area contributed by atoms with Gasteiger partial charge in [0.1, 0.15) is 31.0 Å². The molecule has 4 N–H and O–H groups in total. The van der Waals surface area contributed by atoms with E-state index >= 15 is 0 Å². The summed E-state index contributed by atoms with van der Waals surface area (Å²) in [5, 5.41) is 32.5. The van der Waals surface area contributed by atoms with Gasteiger partial charge in [0.25, 0.3) is 0 Å². The summed E-state index contributed by atoms with van der Waals surface area (Å²) in [6.07, 6.45) is 8.27. The Balaban J connectivity index is 2.12. The van der Waals surface area contributed by atoms with Crippen molar-refractivity contribution >= 4 is 11.9 Å². The van der Waals surface area contributed by atoms with Crippen molar-refractivity contribution in [1.29, 1.82) is 0 Å². The van der Waals surface area contributed by atoms with Gasteiger partial charge in [-0.05, 0) is 6.42 Å². The Morgan fingerprint density at radius 2 is 1.38 bits per heavy atom. The Bertz CT molecular complexity index is 551. The molecule has 0 aromatic carbocycles. The fourth-order valence-electron chi connectivity index (χ4n) is 3.90. The second-order valence-electron chi connectivity index (χ2n) is 8.78. The number of carbonyl (C=O) groups excluding carboxylic acids is 2. The van der Waals surface area contributed by atoms with E-state index in [2.05, 4.69) is 12.2 Å². The maximum atomic E-state index is 12.1. The molecule has 0 spiro atoms. The lowest BCUT2D eigenvalue weighted by atomic mass is 9.97. The molecule has 0 bridgehead atoms. The molecule has 8 nitrogen and oxygen atoms in total. The Morgan fingerprint density at radius 1 is 0.875 bits per heavy atom. The summed E-state index contributed by atoms with van der Waals surface area (Å²) in [6, 6.07) is -1.18. The number of amides is 1. The molecule has 2 unspecified atom stereocenters. The first-order valence-electron chi connectivity index (χ1n) is 12.9. The van der Waals surface area contributed by atoms with Crippen LogP contribution in [0.2, 0.25) is 0 Å². The summed E-state index contributed by atoms with van der Waals surface area (Å²) >= 11 is 0. The fourth-order valence-corrected chi connectivity index (χ4v) is 3.90. The third kappa shape index (κ3) is 12.1. The van der Waals surface area contributed by atoms with Crippen LogP contribution in [0.1, 0.15) is 105 Å². The molecule has 1 rings (SSSR count). The minimum Gasteiger partial charge on any atom is -0.463 e. The van der Waals surface area contributed by atoms with Crippen molar-refractivity contribution in [3.8, 4) is 0 Å². The number of unbranched alkanes of at least 4 members (excludes halogenated alkanes) is 11. The number of esters is 1. The van der Waals surface area contributed by atoms with Crippen LogP contribution in [0.15, 0.2) is 0 Å². The largest absolute Gasteiger partial charge is 0.463 e. The molecular formula is C24H45NO7. The molecule has 188 valence electrons. The van der Waals surface area contributed by atoms with Crippen LogP contribution < -0.4 is 5.32 Å². The summed E-state index contributed by atoms with van der Waals surface area (Å²) in [5.41, 5.74) is 0. The van der Waals surface area contributed by atoms with E-state index < -0.39 is 55.5 Å². The number of rotatable bonds is 17. The van der Waals surface area contributed by atoms with Crippen molar-refractivity contribution in [1.82, 2.24) is 5.32 Å². The molecule has 0 aromatic rings. The number of hydrogen-bond donors (Lipinski definition) is 4. The average molecular weight is 461 g/mol. The Labute approximate surface area is 194 Å². The first kappa shape index (κ1) is 27.0. The molecule has 0 saturated carbocycles. The topological polar surface area (TPSA) is 125 Å². The van der Waals surface area contributed by atoms with E-state index in [1.807, 2.05) is 0 Å². The molecule has 1 amide bonds. The van der Waals surface area contributed by atoms with Crippen molar-refractivity contribution < 1.29 is 35.8 Å². The zero-order valence-electron chi connectivity index (χ0n) is 20.8. The van der Waals surface area contributed by atoms with Gasteiger partial charge in [-0.25, -0.2) is 0 Å². The maximum absolute atomic E-state index is 12.1. The zero-order chi connectivity index (χ0) is 24.6. The van der Waals surface area contributed by atoms with Crippen molar-refractivity contribution in [3.05, 3.63) is 0 Å². The highest BCUT2D eigenvalue weighted by molar-refractivity contribution is 5.73. The molecule has 1 aliphatic heterocycles. The van der Waals surface area contributed by atoms with E-state index in [1.54, 1.807) is 0 Å². The summed E-state index contributed by atoms with van der Waals surface area (Å²) in [5.74, 6) is -1.21. The lowest BCUT2D eigenvalue weighted by Gasteiger charge is -2.40. The number of aliphatic hydroxyl groups is 3. The van der Waals surface area contributed by atoms with Crippen molar-refractivity contribution in [2.24, 2.45) is 0 Å². The highest BCUT2D eigenvalue weighted by atomic mass is 16.6. The van der Waals surface area contributed by atoms with Crippen LogP contribution in [0.4, 0.5) is 0 Å². The van der Waals surface area contributed by atoms with Crippen molar-refractivity contribution in [3.63, 3.8) is 0 Å². The fraction of sp³-hybridized carbons (Fsp3) is 0.917. The predicted molar refractivity (Wildman–Crippen MR) is 122 cm³/mol. The highest BCUT2D eigenvalue weighted by Gasteiger charge is 2.44. The quantitative estimate of drug-likeness (QED) is 0.194. The standard InChI is InChI=1S/C24H45NO7/c1-3-4-5-6-7-8-9-10-11-12-13-14-15-16-20(27)31-17-19-22(28)23(29)21(24(30)32-19)25-18(2)26/h19,21-24,28-30H,3-17H2,1-2H3,(H,25,26)/t19-,21-,22-,23-,24?/m1/s1/i16D/t16?,19-,21-,22-,23-,24?. The number of nitrogens with one attached hydrogen (secondary N) is 1. The van der Waals surface area contributed by atoms with E-state index in [0.29, 0.717) is 6.42 Å². The van der Waals surface area contributed by atoms with Crippen molar-refractivity contribution in [2.45, 2.75) is 134 Å². The normalized spacial score (nSPS) is 26.9. The van der Waals surface area contributed by atoms with E-state index in [0.717, 1.165) is 19.3 Å². The van der Waals surface area contributed by atoms with Crippen LogP contribution in [0.25, 0.3) is 0 Å². The molecule has 32 heavy (non-hydrogen) atoms. The molecule has 8 heteroatoms. The highest BCUT2D eigenvalue weighted by Crippen LogP contribution is 2.21. The van der Waals surface area contributed by atoms with Gasteiger partial charge in [0, 0.05) is 14.7 Å². The molecule has 0 radical (unpaired) electrons. The third-order valence-corrected chi connectivity index (χ3v) is 5.85. The Morgan fingerprint density at radius 3 is 1.88 bits per heavy atom. The summed E-state index contributed by atoms with van der Waals surface area (Å²) in [6.45, 7) is 3.05. The third-order valence-electron chi connectivity index (χ3n) is 5.85. The summed E-state index contributed by atoms with van der Waals surface area (Å²) in [4.78, 5) is 23.2. The van der Waals surface area contributed by atoms with Crippen LogP contribution in [-0.2, 0) is 19.1 Å². The smallest absolute Gasteiger partial charge is 0.305 e. The average Bonchev–Trinajstić information content (AvgIpc) is 2.78. The van der Waals surface area contributed by atoms with Gasteiger partial charge in [0.05, 0.1) is 0 Å².